The van der Waals surface area contributed by atoms with Gasteiger partial charge in [-0.15, -0.1) is 0 Å². The Balaban J connectivity index is 1.94. The fraction of sp³-hybridized carbons (Fsp3) is 0.897. The lowest BCUT2D eigenvalue weighted by Crippen LogP contribution is -2.29. The summed E-state index contributed by atoms with van der Waals surface area (Å²) in [5, 5.41) is 4.54. The third kappa shape index (κ3) is 9.98. The summed E-state index contributed by atoms with van der Waals surface area (Å²) < 4.78 is 6.84. The van der Waals surface area contributed by atoms with E-state index in [-0.39, 0.29) is 0 Å². The summed E-state index contributed by atoms with van der Waals surface area (Å²) in [5.74, 6) is 1.14. The number of hydrogen-bond donors (Lipinski definition) is 1. The standard InChI is InChI=1S/C29H54N2O/c1-5-8-11-12-14-19-26(18-13-9-6-2)32-27-20-15-17-25-23-30-31-29(28(25)22-21-27)24(4)16-10-7-3/h23-27,31H,5-22H2,1-4H3. The third-order valence-electron chi connectivity index (χ3n) is 7.64. The minimum atomic E-state index is 0.441. The highest BCUT2D eigenvalue weighted by Crippen LogP contribution is 2.35. The number of nitrogens with zero attached hydrogens (tertiary/aromatic N) is 1. The number of nitrogens with one attached hydrogen (secondary N) is 1. The van der Waals surface area contributed by atoms with Gasteiger partial charge in [-0.3, -0.25) is 5.43 Å². The summed E-state index contributed by atoms with van der Waals surface area (Å²) in [6.07, 6.45) is 26.4. The second-order valence-electron chi connectivity index (χ2n) is 10.5. The Morgan fingerprint density at radius 3 is 2.31 bits per heavy atom. The van der Waals surface area contributed by atoms with Gasteiger partial charge in [0, 0.05) is 17.8 Å². The molecule has 0 radical (unpaired) electrons. The molecule has 1 saturated carbocycles. The molecule has 0 aromatic heterocycles. The Bertz CT molecular complexity index is 541. The number of fused-ring (bicyclic) bond motifs is 1. The Morgan fingerprint density at radius 2 is 1.56 bits per heavy atom. The van der Waals surface area contributed by atoms with Crippen molar-refractivity contribution in [2.75, 3.05) is 0 Å². The largest absolute Gasteiger partial charge is 0.375 e. The van der Waals surface area contributed by atoms with Gasteiger partial charge in [0.25, 0.3) is 0 Å². The number of hydrazone groups is 1. The number of ether oxygens (including phenoxy) is 1. The number of rotatable bonds is 16. The fourth-order valence-electron chi connectivity index (χ4n) is 5.52. The molecule has 0 aromatic rings. The van der Waals surface area contributed by atoms with E-state index in [1.807, 2.05) is 0 Å². The predicted octanol–water partition coefficient (Wildman–Crippen LogP) is 8.93. The van der Waals surface area contributed by atoms with Crippen molar-refractivity contribution in [2.45, 2.75) is 155 Å². The van der Waals surface area contributed by atoms with E-state index in [2.05, 4.69) is 44.4 Å². The van der Waals surface area contributed by atoms with Crippen LogP contribution in [0.25, 0.3) is 0 Å². The summed E-state index contributed by atoms with van der Waals surface area (Å²) in [4.78, 5) is 0. The molecule has 1 fully saturated rings. The first-order valence-electron chi connectivity index (χ1n) is 14.4. The van der Waals surface area contributed by atoms with E-state index < -0.39 is 0 Å². The van der Waals surface area contributed by atoms with Crippen LogP contribution in [0.3, 0.4) is 0 Å². The monoisotopic (exact) mass is 446 g/mol. The first kappa shape index (κ1) is 27.4. The molecule has 0 aromatic carbocycles. The summed E-state index contributed by atoms with van der Waals surface area (Å²) >= 11 is 0. The average Bonchev–Trinajstić information content (AvgIpc) is 2.79. The van der Waals surface area contributed by atoms with Crippen molar-refractivity contribution in [3.63, 3.8) is 0 Å². The van der Waals surface area contributed by atoms with Crippen molar-refractivity contribution < 1.29 is 4.74 Å². The molecule has 3 nitrogen and oxygen atoms in total. The van der Waals surface area contributed by atoms with Crippen LogP contribution in [-0.4, -0.2) is 18.4 Å². The zero-order chi connectivity index (χ0) is 23.0. The Morgan fingerprint density at radius 1 is 0.875 bits per heavy atom. The molecule has 2 rings (SSSR count). The molecule has 0 saturated heterocycles. The Labute approximate surface area is 200 Å². The zero-order valence-corrected chi connectivity index (χ0v) is 22.0. The second-order valence-corrected chi connectivity index (χ2v) is 10.5. The molecular weight excluding hydrogens is 392 g/mol. The lowest BCUT2D eigenvalue weighted by atomic mass is 9.81. The molecule has 1 N–H and O–H groups in total. The van der Waals surface area contributed by atoms with Crippen LogP contribution in [0.2, 0.25) is 0 Å². The van der Waals surface area contributed by atoms with E-state index in [4.69, 9.17) is 4.74 Å². The summed E-state index contributed by atoms with van der Waals surface area (Å²) in [6.45, 7) is 9.28. The van der Waals surface area contributed by atoms with E-state index >= 15 is 0 Å². The van der Waals surface area contributed by atoms with Gasteiger partial charge >= 0.3 is 0 Å². The van der Waals surface area contributed by atoms with Gasteiger partial charge in [0.15, 0.2) is 0 Å². The Kier molecular flexibility index (Phi) is 14.3. The van der Waals surface area contributed by atoms with Crippen molar-refractivity contribution in [1.29, 1.82) is 0 Å². The molecule has 2 aliphatic rings. The van der Waals surface area contributed by atoms with Crippen LogP contribution >= 0.6 is 0 Å². The van der Waals surface area contributed by atoms with Crippen molar-refractivity contribution >= 4 is 6.21 Å². The van der Waals surface area contributed by atoms with Crippen LogP contribution in [-0.2, 0) is 4.74 Å². The van der Waals surface area contributed by atoms with Crippen LogP contribution in [0.4, 0.5) is 0 Å². The molecule has 32 heavy (non-hydrogen) atoms. The maximum Gasteiger partial charge on any atom is 0.0582 e. The fourth-order valence-corrected chi connectivity index (χ4v) is 5.52. The van der Waals surface area contributed by atoms with Crippen molar-refractivity contribution in [1.82, 2.24) is 5.43 Å². The van der Waals surface area contributed by atoms with Gasteiger partial charge in [0.2, 0.25) is 0 Å². The lowest BCUT2D eigenvalue weighted by molar-refractivity contribution is -0.0327. The summed E-state index contributed by atoms with van der Waals surface area (Å²) in [6, 6.07) is 0. The molecule has 0 amide bonds. The first-order valence-corrected chi connectivity index (χ1v) is 14.4. The average molecular weight is 447 g/mol. The van der Waals surface area contributed by atoms with Gasteiger partial charge in [0.05, 0.1) is 12.2 Å². The molecular formula is C29H54N2O. The number of hydrogen-bond acceptors (Lipinski definition) is 3. The normalized spacial score (nSPS) is 23.2. The molecule has 3 heteroatoms. The van der Waals surface area contributed by atoms with Gasteiger partial charge in [-0.05, 0) is 62.9 Å². The highest BCUT2D eigenvalue weighted by molar-refractivity contribution is 5.67. The molecule has 4 unspecified atom stereocenters. The predicted molar refractivity (Wildman–Crippen MR) is 140 cm³/mol. The molecule has 1 heterocycles. The van der Waals surface area contributed by atoms with E-state index in [0.29, 0.717) is 24.0 Å². The summed E-state index contributed by atoms with van der Waals surface area (Å²) in [5.41, 5.74) is 6.49. The van der Waals surface area contributed by atoms with Crippen LogP contribution in [0, 0.1) is 11.8 Å². The van der Waals surface area contributed by atoms with Crippen molar-refractivity contribution in [2.24, 2.45) is 16.9 Å². The van der Waals surface area contributed by atoms with Gasteiger partial charge in [-0.25, -0.2) is 0 Å². The van der Waals surface area contributed by atoms with E-state index in [1.54, 1.807) is 5.57 Å². The SMILES string of the molecule is CCCCCCCC(CCCCC)OC1CCCC2C=NNC(C(C)CCCC)=C2CC1. The summed E-state index contributed by atoms with van der Waals surface area (Å²) in [7, 11) is 0. The molecule has 0 spiro atoms. The smallest absolute Gasteiger partial charge is 0.0582 e. The molecule has 186 valence electrons. The molecule has 4 atom stereocenters. The quantitative estimate of drug-likeness (QED) is 0.240. The van der Waals surface area contributed by atoms with Crippen molar-refractivity contribution in [3.8, 4) is 0 Å². The van der Waals surface area contributed by atoms with Crippen LogP contribution in [0.5, 0.6) is 0 Å². The van der Waals surface area contributed by atoms with E-state index in [0.717, 1.165) is 0 Å². The molecule has 0 bridgehead atoms. The minimum absolute atomic E-state index is 0.441. The number of allylic oxidation sites excluding steroid dienone is 2. The van der Waals surface area contributed by atoms with Crippen molar-refractivity contribution in [3.05, 3.63) is 11.3 Å². The topological polar surface area (TPSA) is 33.6 Å². The Hall–Kier alpha value is -0.830. The van der Waals surface area contributed by atoms with Crippen LogP contribution < -0.4 is 5.43 Å². The minimum Gasteiger partial charge on any atom is -0.375 e. The van der Waals surface area contributed by atoms with Gasteiger partial charge < -0.3 is 4.74 Å². The third-order valence-corrected chi connectivity index (χ3v) is 7.64. The maximum absolute atomic E-state index is 6.84. The zero-order valence-electron chi connectivity index (χ0n) is 22.0. The van der Waals surface area contributed by atoms with Crippen LogP contribution in [0.1, 0.15) is 143 Å². The molecule has 1 aliphatic carbocycles. The van der Waals surface area contributed by atoms with Gasteiger partial charge in [0.1, 0.15) is 0 Å². The number of unbranched alkanes of at least 4 members (excludes halogenated alkanes) is 7. The van der Waals surface area contributed by atoms with Gasteiger partial charge in [-0.1, -0.05) is 91.9 Å². The van der Waals surface area contributed by atoms with Gasteiger partial charge in [-0.2, -0.15) is 5.10 Å². The van der Waals surface area contributed by atoms with Crippen LogP contribution in [0.15, 0.2) is 16.4 Å². The van der Waals surface area contributed by atoms with E-state index in [9.17, 15) is 0 Å². The molecule has 1 aliphatic heterocycles. The highest BCUT2D eigenvalue weighted by Gasteiger charge is 2.27. The lowest BCUT2D eigenvalue weighted by Gasteiger charge is -2.33. The first-order chi connectivity index (χ1) is 15.7. The van der Waals surface area contributed by atoms with E-state index in [1.165, 1.54) is 121 Å². The maximum atomic E-state index is 6.84. The second kappa shape index (κ2) is 16.7. The highest BCUT2D eigenvalue weighted by atomic mass is 16.5.